The number of amides is 1. The lowest BCUT2D eigenvalue weighted by Crippen LogP contribution is -2.38. The number of carbonyl (C=O) groups is 2. The summed E-state index contributed by atoms with van der Waals surface area (Å²) in [6, 6.07) is 23.3. The molecular formula is C28H22N2O7S2. The topological polar surface area (TPSA) is 132 Å². The van der Waals surface area contributed by atoms with E-state index in [0.29, 0.717) is 4.31 Å². The van der Waals surface area contributed by atoms with Crippen LogP contribution in [0.15, 0.2) is 102 Å². The molecule has 0 N–H and O–H groups in total. The normalized spacial score (nSPS) is 10.6. The van der Waals surface area contributed by atoms with Crippen LogP contribution in [0.5, 0.6) is 0 Å². The number of sulfonamides is 1. The van der Waals surface area contributed by atoms with Gasteiger partial charge in [-0.2, -0.15) is 8.51 Å². The summed E-state index contributed by atoms with van der Waals surface area (Å²) in [5.41, 5.74) is 0.920. The maximum atomic E-state index is 13.9. The van der Waals surface area contributed by atoms with Crippen LogP contribution in [0, 0.1) is 24.0 Å². The van der Waals surface area contributed by atoms with Gasteiger partial charge >= 0.3 is 0 Å². The number of ketones is 1. The third-order valence-electron chi connectivity index (χ3n) is 5.73. The first-order valence-corrected chi connectivity index (χ1v) is 13.1. The summed E-state index contributed by atoms with van der Waals surface area (Å²) in [5.74, 6) is -1.57. The Bertz CT molecular complexity index is 1620. The number of hydrogen-bond acceptors (Lipinski definition) is 8. The quantitative estimate of drug-likeness (QED) is 0.172. The Morgan fingerprint density at radius 1 is 0.769 bits per heavy atom. The fourth-order valence-corrected chi connectivity index (χ4v) is 5.15. The van der Waals surface area contributed by atoms with Crippen molar-refractivity contribution in [2.24, 2.45) is 0 Å². The largest absolute Gasteiger partial charge is 0.289 e. The highest BCUT2D eigenvalue weighted by Gasteiger charge is 2.35. The van der Waals surface area contributed by atoms with E-state index in [9.17, 15) is 28.1 Å². The summed E-state index contributed by atoms with van der Waals surface area (Å²) >= 11 is 2.83. The third kappa shape index (κ3) is 6.28. The van der Waals surface area contributed by atoms with E-state index >= 15 is 0 Å². The molecule has 0 saturated carbocycles. The number of non-ortho nitro benzene ring substituents is 1. The first-order chi connectivity index (χ1) is 18.6. The number of anilines is 1. The molecular weight excluding hydrogens is 540 g/mol. The highest BCUT2D eigenvalue weighted by molar-refractivity contribution is 7.93. The van der Waals surface area contributed by atoms with E-state index in [0.717, 1.165) is 29.3 Å². The van der Waals surface area contributed by atoms with Crippen molar-refractivity contribution in [3.05, 3.63) is 135 Å². The van der Waals surface area contributed by atoms with Crippen molar-refractivity contribution in [3.8, 4) is 0 Å². The molecule has 39 heavy (non-hydrogen) atoms. The smallest absolute Gasteiger partial charge is 0.272 e. The Balaban J connectivity index is 0.00000205. The minimum absolute atomic E-state index is 0.0674. The van der Waals surface area contributed by atoms with Crippen molar-refractivity contribution >= 4 is 45.6 Å². The number of hydrogen-bond donors (Lipinski definition) is 0. The van der Waals surface area contributed by atoms with Gasteiger partial charge in [0.15, 0.2) is 18.3 Å². The van der Waals surface area contributed by atoms with Crippen LogP contribution in [-0.2, 0) is 22.6 Å². The van der Waals surface area contributed by atoms with Crippen LogP contribution in [0.2, 0.25) is 0 Å². The van der Waals surface area contributed by atoms with E-state index in [1.807, 2.05) is 6.92 Å². The van der Waals surface area contributed by atoms with Crippen LogP contribution in [-0.4, -0.2) is 29.2 Å². The predicted octanol–water partition coefficient (Wildman–Crippen LogP) is 5.14. The molecule has 0 spiro atoms. The number of nitro benzene ring substituents is 1. The van der Waals surface area contributed by atoms with E-state index in [-0.39, 0.29) is 27.3 Å². The highest BCUT2D eigenvalue weighted by atomic mass is 32.2. The zero-order valence-corrected chi connectivity index (χ0v) is 22.4. The Morgan fingerprint density at radius 3 is 1.85 bits per heavy atom. The van der Waals surface area contributed by atoms with Gasteiger partial charge in [0.25, 0.3) is 21.6 Å². The SMILES string of the molecule is Cc1ccc(C(=O)N(c2ccc([N+](=O)[O-])cc2C(=O)c2ccccc2)S(=O)(=O)c2ccc(C)cc2)cc1.O=S. The van der Waals surface area contributed by atoms with Crippen molar-refractivity contribution in [3.63, 3.8) is 0 Å². The Morgan fingerprint density at radius 2 is 1.31 bits per heavy atom. The van der Waals surface area contributed by atoms with Gasteiger partial charge < -0.3 is 0 Å². The molecule has 4 aromatic carbocycles. The first-order valence-electron chi connectivity index (χ1n) is 11.4. The lowest BCUT2D eigenvalue weighted by molar-refractivity contribution is -0.384. The molecule has 0 atom stereocenters. The minimum atomic E-state index is -4.54. The molecule has 0 radical (unpaired) electrons. The van der Waals surface area contributed by atoms with Gasteiger partial charge in [-0.15, -0.1) is 0 Å². The summed E-state index contributed by atoms with van der Waals surface area (Å²) in [7, 11) is -4.54. The van der Waals surface area contributed by atoms with Gasteiger partial charge in [-0.1, -0.05) is 65.7 Å². The van der Waals surface area contributed by atoms with Crippen LogP contribution >= 0.6 is 0 Å². The fraction of sp³-hybridized carbons (Fsp3) is 0.0714. The number of benzene rings is 4. The highest BCUT2D eigenvalue weighted by Crippen LogP contribution is 2.33. The fourth-order valence-electron chi connectivity index (χ4n) is 3.72. The zero-order valence-electron chi connectivity index (χ0n) is 20.8. The molecule has 0 aliphatic carbocycles. The number of aryl methyl sites for hydroxylation is 2. The van der Waals surface area contributed by atoms with Gasteiger partial charge in [-0.25, -0.2) is 8.42 Å². The molecule has 0 aliphatic rings. The van der Waals surface area contributed by atoms with Crippen LogP contribution in [0.25, 0.3) is 0 Å². The molecule has 1 amide bonds. The molecule has 11 heteroatoms. The molecule has 0 heterocycles. The number of nitro groups is 1. The second-order valence-corrected chi connectivity index (χ2v) is 10.2. The Hall–Kier alpha value is -4.61. The first kappa shape index (κ1) is 29.0. The van der Waals surface area contributed by atoms with Gasteiger partial charge in [0.05, 0.1) is 21.1 Å². The number of nitrogens with zero attached hydrogens (tertiary/aromatic N) is 2. The monoisotopic (exact) mass is 562 g/mol. The van der Waals surface area contributed by atoms with E-state index in [4.69, 9.17) is 4.21 Å². The summed E-state index contributed by atoms with van der Waals surface area (Å²) < 4.78 is 36.2. The van der Waals surface area contributed by atoms with E-state index in [1.165, 1.54) is 36.4 Å². The average Bonchev–Trinajstić information content (AvgIpc) is 2.95. The molecule has 9 nitrogen and oxygen atoms in total. The van der Waals surface area contributed by atoms with Crippen molar-refractivity contribution in [2.75, 3.05) is 4.31 Å². The molecule has 198 valence electrons. The molecule has 0 aromatic heterocycles. The maximum absolute atomic E-state index is 13.9. The number of carbonyl (C=O) groups excluding carboxylic acids is 2. The van der Waals surface area contributed by atoms with Crippen LogP contribution < -0.4 is 4.31 Å². The van der Waals surface area contributed by atoms with E-state index in [2.05, 4.69) is 12.5 Å². The van der Waals surface area contributed by atoms with Crippen molar-refractivity contribution < 1.29 is 27.1 Å². The summed E-state index contributed by atoms with van der Waals surface area (Å²) in [5, 5.41) is 11.5. The maximum Gasteiger partial charge on any atom is 0.272 e. The van der Waals surface area contributed by atoms with Gasteiger partial charge in [-0.05, 0) is 44.2 Å². The average molecular weight is 563 g/mol. The molecule has 4 aromatic rings. The van der Waals surface area contributed by atoms with E-state index < -0.39 is 32.3 Å². The van der Waals surface area contributed by atoms with Crippen molar-refractivity contribution in [1.82, 2.24) is 0 Å². The van der Waals surface area contributed by atoms with Crippen LogP contribution in [0.4, 0.5) is 11.4 Å². The van der Waals surface area contributed by atoms with E-state index in [1.54, 1.807) is 49.4 Å². The van der Waals surface area contributed by atoms with Gasteiger partial charge in [0, 0.05) is 23.3 Å². The molecule has 0 aliphatic heterocycles. The molecule has 0 saturated heterocycles. The lowest BCUT2D eigenvalue weighted by Gasteiger charge is -2.25. The van der Waals surface area contributed by atoms with Crippen LogP contribution in [0.3, 0.4) is 0 Å². The van der Waals surface area contributed by atoms with Gasteiger partial charge in [-0.3, -0.25) is 19.7 Å². The summed E-state index contributed by atoms with van der Waals surface area (Å²) in [6.07, 6.45) is 0. The summed E-state index contributed by atoms with van der Waals surface area (Å²) in [4.78, 5) is 37.9. The van der Waals surface area contributed by atoms with Crippen LogP contribution in [0.1, 0.15) is 37.4 Å². The molecule has 0 unspecified atom stereocenters. The van der Waals surface area contributed by atoms with Crippen molar-refractivity contribution in [1.29, 1.82) is 0 Å². The molecule has 4 rings (SSSR count). The summed E-state index contributed by atoms with van der Waals surface area (Å²) in [6.45, 7) is 3.61. The van der Waals surface area contributed by atoms with Gasteiger partial charge in [0.1, 0.15) is 0 Å². The second kappa shape index (κ2) is 12.3. The third-order valence-corrected chi connectivity index (χ3v) is 7.44. The Kier molecular flexibility index (Phi) is 9.12. The second-order valence-electron chi connectivity index (χ2n) is 8.41. The molecule has 0 bridgehead atoms. The zero-order chi connectivity index (χ0) is 28.7. The van der Waals surface area contributed by atoms with Gasteiger partial charge in [0.2, 0.25) is 0 Å². The number of rotatable bonds is 7. The predicted molar refractivity (Wildman–Crippen MR) is 147 cm³/mol. The minimum Gasteiger partial charge on any atom is -0.289 e. The lowest BCUT2D eigenvalue weighted by atomic mass is 10.0. The molecule has 0 fully saturated rings. The standard InChI is InChI=1S/C28H22N2O6S.OS/c1-19-8-12-22(13-9-19)28(32)29(37(35,36)24-15-10-20(2)11-16-24)26-17-14-23(30(33)34)18-25(26)27(31)21-6-4-3-5-7-21;1-2/h3-18H,1-2H3;. The van der Waals surface area contributed by atoms with Crippen molar-refractivity contribution in [2.45, 2.75) is 18.7 Å². The Labute approximate surface area is 230 Å².